The molecule has 2 heterocycles. The highest BCUT2D eigenvalue weighted by Crippen LogP contribution is 2.59. The van der Waals surface area contributed by atoms with Crippen LogP contribution in [0.1, 0.15) is 24.1 Å². The van der Waals surface area contributed by atoms with Gasteiger partial charge >= 0.3 is 0 Å². The van der Waals surface area contributed by atoms with Crippen LogP contribution < -0.4 is 5.32 Å². The van der Waals surface area contributed by atoms with Crippen molar-refractivity contribution in [2.75, 3.05) is 33.4 Å². The van der Waals surface area contributed by atoms with Gasteiger partial charge in [-0.05, 0) is 49.2 Å². The number of nitrogens with one attached hydrogen (secondary N) is 1. The lowest BCUT2D eigenvalue weighted by Crippen LogP contribution is -2.37. The Morgan fingerprint density at radius 1 is 1.52 bits per heavy atom. The number of amides is 1. The zero-order valence-electron chi connectivity index (χ0n) is 12.6. The molecule has 3 rings (SSSR count). The Labute approximate surface area is 130 Å². The van der Waals surface area contributed by atoms with E-state index in [4.69, 9.17) is 4.74 Å². The summed E-state index contributed by atoms with van der Waals surface area (Å²) in [4.78, 5) is 16.1. The maximum Gasteiger partial charge on any atom is 0.226 e. The molecule has 1 N–H and O–H groups in total. The Balaban J connectivity index is 1.63. The first-order valence-corrected chi connectivity index (χ1v) is 8.64. The van der Waals surface area contributed by atoms with Crippen molar-refractivity contribution in [2.45, 2.75) is 25.8 Å². The third-order valence-electron chi connectivity index (χ3n) is 4.89. The Morgan fingerprint density at radius 3 is 3.00 bits per heavy atom. The highest BCUT2D eigenvalue weighted by Gasteiger charge is 2.58. The second kappa shape index (κ2) is 6.46. The fourth-order valence-electron chi connectivity index (χ4n) is 3.45. The van der Waals surface area contributed by atoms with Crippen molar-refractivity contribution < 1.29 is 9.53 Å². The zero-order chi connectivity index (χ0) is 14.7. The van der Waals surface area contributed by atoms with Crippen molar-refractivity contribution in [3.8, 4) is 0 Å². The number of hydrogen-bond acceptors (Lipinski definition) is 4. The predicted molar refractivity (Wildman–Crippen MR) is 84.3 cm³/mol. The molecule has 1 saturated carbocycles. The molecule has 0 bridgehead atoms. The molecule has 5 heteroatoms. The molecule has 1 unspecified atom stereocenters. The van der Waals surface area contributed by atoms with Gasteiger partial charge < -0.3 is 15.0 Å². The van der Waals surface area contributed by atoms with Crippen molar-refractivity contribution in [1.29, 1.82) is 0 Å². The van der Waals surface area contributed by atoms with Gasteiger partial charge in [-0.1, -0.05) is 6.07 Å². The van der Waals surface area contributed by atoms with Gasteiger partial charge in [-0.15, -0.1) is 11.3 Å². The van der Waals surface area contributed by atoms with Crippen LogP contribution in [0.4, 0.5) is 0 Å². The van der Waals surface area contributed by atoms with Crippen LogP contribution in [-0.4, -0.2) is 44.2 Å². The van der Waals surface area contributed by atoms with Gasteiger partial charge in [-0.2, -0.15) is 0 Å². The quantitative estimate of drug-likeness (QED) is 0.875. The van der Waals surface area contributed by atoms with Crippen LogP contribution in [0.25, 0.3) is 0 Å². The smallest absolute Gasteiger partial charge is 0.226 e. The zero-order valence-corrected chi connectivity index (χ0v) is 13.5. The van der Waals surface area contributed by atoms with Crippen molar-refractivity contribution in [3.05, 3.63) is 22.4 Å². The van der Waals surface area contributed by atoms with E-state index in [9.17, 15) is 4.79 Å². The number of ether oxygens (including phenoxy) is 1. The van der Waals surface area contributed by atoms with Crippen molar-refractivity contribution in [1.82, 2.24) is 10.2 Å². The van der Waals surface area contributed by atoms with Gasteiger partial charge in [0, 0.05) is 24.4 Å². The molecule has 4 nitrogen and oxygen atoms in total. The number of nitrogens with zero attached hydrogens (tertiary/aromatic N) is 1. The third-order valence-corrected chi connectivity index (χ3v) is 5.75. The summed E-state index contributed by atoms with van der Waals surface area (Å²) < 4.78 is 5.18. The molecule has 2 fully saturated rings. The van der Waals surface area contributed by atoms with Crippen LogP contribution in [0, 0.1) is 11.3 Å². The first-order chi connectivity index (χ1) is 10.2. The number of methoxy groups -OCH3 is 1. The summed E-state index contributed by atoms with van der Waals surface area (Å²) in [6.07, 6.45) is 3.39. The maximum atomic E-state index is 12.9. The molecule has 1 amide bonds. The molecule has 1 aromatic rings. The van der Waals surface area contributed by atoms with Gasteiger partial charge in [0.25, 0.3) is 0 Å². The minimum atomic E-state index is 0.247. The second-order valence-corrected chi connectivity index (χ2v) is 7.23. The number of carbonyl (C=O) groups is 1. The fraction of sp³-hybridized carbons (Fsp3) is 0.688. The van der Waals surface area contributed by atoms with Crippen molar-refractivity contribution >= 4 is 17.2 Å². The first kappa shape index (κ1) is 15.0. The predicted octanol–water partition coefficient (Wildman–Crippen LogP) is 2.11. The SMILES string of the molecule is COCCN(Cc1cccs1)C(=O)C1CC12CCNCC2. The summed E-state index contributed by atoms with van der Waals surface area (Å²) in [7, 11) is 1.69. The molecule has 0 radical (unpaired) electrons. The van der Waals surface area contributed by atoms with Crippen LogP contribution in [0.5, 0.6) is 0 Å². The van der Waals surface area contributed by atoms with Crippen molar-refractivity contribution in [2.24, 2.45) is 11.3 Å². The lowest BCUT2D eigenvalue weighted by molar-refractivity contribution is -0.134. The fourth-order valence-corrected chi connectivity index (χ4v) is 4.17. The van der Waals surface area contributed by atoms with E-state index < -0.39 is 0 Å². The number of thiophene rings is 1. The summed E-state index contributed by atoms with van der Waals surface area (Å²) in [5.74, 6) is 0.582. The third kappa shape index (κ3) is 3.30. The van der Waals surface area contributed by atoms with Crippen LogP contribution in [-0.2, 0) is 16.1 Å². The van der Waals surface area contributed by atoms with Gasteiger partial charge in [0.1, 0.15) is 0 Å². The lowest BCUT2D eigenvalue weighted by atomic mass is 9.91. The van der Waals surface area contributed by atoms with Crippen LogP contribution in [0.15, 0.2) is 17.5 Å². The molecule has 1 aromatic heterocycles. The van der Waals surface area contributed by atoms with Gasteiger partial charge in [-0.3, -0.25) is 4.79 Å². The number of rotatable bonds is 6. The molecule has 2 aliphatic rings. The van der Waals surface area contributed by atoms with Gasteiger partial charge in [0.15, 0.2) is 0 Å². The summed E-state index contributed by atoms with van der Waals surface area (Å²) in [5.41, 5.74) is 0.309. The molecular weight excluding hydrogens is 284 g/mol. The summed E-state index contributed by atoms with van der Waals surface area (Å²) in [6, 6.07) is 4.15. The lowest BCUT2D eigenvalue weighted by Gasteiger charge is -2.26. The maximum absolute atomic E-state index is 12.9. The Morgan fingerprint density at radius 2 is 2.33 bits per heavy atom. The molecule has 1 aliphatic carbocycles. The Bertz CT molecular complexity index is 469. The van der Waals surface area contributed by atoms with Gasteiger partial charge in [-0.25, -0.2) is 0 Å². The summed E-state index contributed by atoms with van der Waals surface area (Å²) in [6.45, 7) is 4.15. The first-order valence-electron chi connectivity index (χ1n) is 7.76. The van der Waals surface area contributed by atoms with Gasteiger partial charge in [0.05, 0.1) is 13.2 Å². The molecule has 1 spiro atoms. The molecule has 21 heavy (non-hydrogen) atoms. The minimum absolute atomic E-state index is 0.247. The average molecular weight is 308 g/mol. The second-order valence-electron chi connectivity index (χ2n) is 6.20. The summed E-state index contributed by atoms with van der Waals surface area (Å²) in [5, 5.41) is 5.47. The average Bonchev–Trinajstić information content (AvgIpc) is 2.96. The highest BCUT2D eigenvalue weighted by molar-refractivity contribution is 7.09. The molecular formula is C16H24N2O2S. The normalized spacial score (nSPS) is 23.2. The molecule has 1 atom stereocenters. The topological polar surface area (TPSA) is 41.6 Å². The standard InChI is InChI=1S/C16H24N2O2S/c1-20-9-8-18(12-13-3-2-10-21-13)15(19)14-11-16(14)4-6-17-7-5-16/h2-3,10,14,17H,4-9,11-12H2,1H3. The number of hydrogen-bond donors (Lipinski definition) is 1. The monoisotopic (exact) mass is 308 g/mol. The van der Waals surface area contributed by atoms with E-state index in [1.54, 1.807) is 18.4 Å². The molecule has 0 aromatic carbocycles. The molecule has 116 valence electrons. The Hall–Kier alpha value is -0.910. The minimum Gasteiger partial charge on any atom is -0.383 e. The summed E-state index contributed by atoms with van der Waals surface area (Å²) >= 11 is 1.72. The van der Waals surface area contributed by atoms with E-state index in [-0.39, 0.29) is 5.92 Å². The number of carbonyl (C=O) groups excluding carboxylic acids is 1. The Kier molecular flexibility index (Phi) is 4.62. The highest BCUT2D eigenvalue weighted by atomic mass is 32.1. The number of piperidine rings is 1. The largest absolute Gasteiger partial charge is 0.383 e. The van der Waals surface area contributed by atoms with E-state index in [2.05, 4.69) is 16.8 Å². The van der Waals surface area contributed by atoms with E-state index in [0.717, 1.165) is 38.9 Å². The van der Waals surface area contributed by atoms with E-state index in [1.807, 2.05) is 11.0 Å². The van der Waals surface area contributed by atoms with Crippen LogP contribution in [0.3, 0.4) is 0 Å². The molecule has 1 aliphatic heterocycles. The van der Waals surface area contributed by atoms with E-state index in [0.29, 0.717) is 24.5 Å². The van der Waals surface area contributed by atoms with Crippen LogP contribution in [0.2, 0.25) is 0 Å². The van der Waals surface area contributed by atoms with Gasteiger partial charge in [0.2, 0.25) is 5.91 Å². The van der Waals surface area contributed by atoms with E-state index >= 15 is 0 Å². The molecule has 1 saturated heterocycles. The van der Waals surface area contributed by atoms with Crippen molar-refractivity contribution in [3.63, 3.8) is 0 Å². The van der Waals surface area contributed by atoms with E-state index in [1.165, 1.54) is 4.88 Å². The van der Waals surface area contributed by atoms with Crippen LogP contribution >= 0.6 is 11.3 Å².